The highest BCUT2D eigenvalue weighted by molar-refractivity contribution is 5.72. The van der Waals surface area contributed by atoms with Crippen LogP contribution in [-0.2, 0) is 4.79 Å². The number of hydrogen-bond acceptors (Lipinski definition) is 3. The highest BCUT2D eigenvalue weighted by Crippen LogP contribution is 2.17. The van der Waals surface area contributed by atoms with Crippen LogP contribution in [0.15, 0.2) is 30.3 Å². The van der Waals surface area contributed by atoms with Gasteiger partial charge in [-0.05, 0) is 12.0 Å². The molecule has 0 aliphatic heterocycles. The predicted molar refractivity (Wildman–Crippen MR) is 60.7 cm³/mol. The second-order valence-corrected chi connectivity index (χ2v) is 3.69. The van der Waals surface area contributed by atoms with Gasteiger partial charge in [0, 0.05) is 13.5 Å². The monoisotopic (exact) mass is 223 g/mol. The van der Waals surface area contributed by atoms with Crippen LogP contribution in [0.4, 0.5) is 0 Å². The maximum atomic E-state index is 10.6. The van der Waals surface area contributed by atoms with Crippen LogP contribution in [0.3, 0.4) is 0 Å². The number of amides is 1. The molecule has 0 fully saturated rings. The molecule has 16 heavy (non-hydrogen) atoms. The molecule has 1 amide bonds. The summed E-state index contributed by atoms with van der Waals surface area (Å²) in [5.41, 5.74) is 0.679. The third-order valence-corrected chi connectivity index (χ3v) is 2.32. The van der Waals surface area contributed by atoms with Crippen molar-refractivity contribution >= 4 is 5.91 Å². The highest BCUT2D eigenvalue weighted by Gasteiger charge is 2.17. The summed E-state index contributed by atoms with van der Waals surface area (Å²) in [6, 6.07) is 8.97. The normalized spacial score (nSPS) is 14.2. The molecule has 4 heteroatoms. The van der Waals surface area contributed by atoms with Crippen molar-refractivity contribution in [2.24, 2.45) is 0 Å². The van der Waals surface area contributed by atoms with E-state index in [1.807, 2.05) is 6.07 Å². The first-order chi connectivity index (χ1) is 7.61. The van der Waals surface area contributed by atoms with Crippen molar-refractivity contribution in [3.05, 3.63) is 35.9 Å². The molecule has 0 saturated heterocycles. The molecular weight excluding hydrogens is 206 g/mol. The van der Waals surface area contributed by atoms with Gasteiger partial charge >= 0.3 is 0 Å². The van der Waals surface area contributed by atoms with Gasteiger partial charge in [0.1, 0.15) is 6.10 Å². The van der Waals surface area contributed by atoms with Crippen LogP contribution < -0.4 is 5.32 Å². The molecule has 4 nitrogen and oxygen atoms in total. The molecule has 0 spiro atoms. The van der Waals surface area contributed by atoms with Crippen molar-refractivity contribution < 1.29 is 15.0 Å². The number of aliphatic hydroxyl groups excluding tert-OH is 2. The van der Waals surface area contributed by atoms with Gasteiger partial charge in [-0.1, -0.05) is 30.3 Å². The van der Waals surface area contributed by atoms with Crippen LogP contribution in [0.1, 0.15) is 25.0 Å². The summed E-state index contributed by atoms with van der Waals surface area (Å²) in [6.07, 6.45) is -1.44. The topological polar surface area (TPSA) is 69.6 Å². The summed E-state index contributed by atoms with van der Waals surface area (Å²) in [4.78, 5) is 10.6. The standard InChI is InChI=1S/C12H17NO3/c1-9(14)13-8-7-11(15)12(16)10-5-3-2-4-6-10/h2-6,11-12,15-16H,7-8H2,1H3,(H,13,14). The van der Waals surface area contributed by atoms with Gasteiger partial charge in [0.05, 0.1) is 6.10 Å². The Morgan fingerprint density at radius 3 is 2.50 bits per heavy atom. The van der Waals surface area contributed by atoms with Gasteiger partial charge in [-0.2, -0.15) is 0 Å². The van der Waals surface area contributed by atoms with Crippen molar-refractivity contribution in [1.82, 2.24) is 5.32 Å². The molecule has 3 N–H and O–H groups in total. The van der Waals surface area contributed by atoms with E-state index in [0.717, 1.165) is 0 Å². The number of carbonyl (C=O) groups is 1. The molecule has 0 aliphatic rings. The van der Waals surface area contributed by atoms with E-state index >= 15 is 0 Å². The van der Waals surface area contributed by atoms with Gasteiger partial charge in [-0.25, -0.2) is 0 Å². The smallest absolute Gasteiger partial charge is 0.216 e. The number of benzene rings is 1. The fraction of sp³-hybridized carbons (Fsp3) is 0.417. The summed E-state index contributed by atoms with van der Waals surface area (Å²) in [7, 11) is 0. The highest BCUT2D eigenvalue weighted by atomic mass is 16.3. The molecule has 2 atom stereocenters. The molecule has 0 bridgehead atoms. The lowest BCUT2D eigenvalue weighted by Crippen LogP contribution is -2.27. The molecule has 0 radical (unpaired) electrons. The first-order valence-electron chi connectivity index (χ1n) is 5.27. The van der Waals surface area contributed by atoms with E-state index < -0.39 is 12.2 Å². The summed E-state index contributed by atoms with van der Waals surface area (Å²) < 4.78 is 0. The lowest BCUT2D eigenvalue weighted by molar-refractivity contribution is -0.119. The number of aliphatic hydroxyl groups is 2. The van der Waals surface area contributed by atoms with Crippen LogP contribution in [0.5, 0.6) is 0 Å². The van der Waals surface area contributed by atoms with Gasteiger partial charge < -0.3 is 15.5 Å². The van der Waals surface area contributed by atoms with Gasteiger partial charge in [0.15, 0.2) is 0 Å². The van der Waals surface area contributed by atoms with Gasteiger partial charge in [0.25, 0.3) is 0 Å². The minimum Gasteiger partial charge on any atom is -0.390 e. The molecule has 1 aromatic rings. The largest absolute Gasteiger partial charge is 0.390 e. The number of hydrogen-bond donors (Lipinski definition) is 3. The Morgan fingerprint density at radius 2 is 1.94 bits per heavy atom. The van der Waals surface area contributed by atoms with Crippen molar-refractivity contribution in [1.29, 1.82) is 0 Å². The average Bonchev–Trinajstić information content (AvgIpc) is 2.28. The average molecular weight is 223 g/mol. The second kappa shape index (κ2) is 6.25. The number of nitrogens with one attached hydrogen (secondary N) is 1. The van der Waals surface area contributed by atoms with E-state index in [4.69, 9.17) is 0 Å². The lowest BCUT2D eigenvalue weighted by Gasteiger charge is -2.18. The maximum Gasteiger partial charge on any atom is 0.216 e. The molecule has 2 unspecified atom stereocenters. The van der Waals surface area contributed by atoms with E-state index in [9.17, 15) is 15.0 Å². The zero-order valence-electron chi connectivity index (χ0n) is 9.26. The Hall–Kier alpha value is -1.39. The third-order valence-electron chi connectivity index (χ3n) is 2.32. The molecule has 0 saturated carbocycles. The first kappa shape index (κ1) is 12.7. The summed E-state index contributed by atoms with van der Waals surface area (Å²) in [5.74, 6) is -0.138. The molecule has 88 valence electrons. The van der Waals surface area contributed by atoms with Crippen molar-refractivity contribution in [2.45, 2.75) is 25.6 Å². The fourth-order valence-electron chi connectivity index (χ4n) is 1.43. The van der Waals surface area contributed by atoms with Crippen LogP contribution >= 0.6 is 0 Å². The Balaban J connectivity index is 2.42. The van der Waals surface area contributed by atoms with E-state index in [-0.39, 0.29) is 5.91 Å². The lowest BCUT2D eigenvalue weighted by atomic mass is 10.0. The molecule has 1 rings (SSSR count). The number of rotatable bonds is 5. The molecular formula is C12H17NO3. The Morgan fingerprint density at radius 1 is 1.31 bits per heavy atom. The van der Waals surface area contributed by atoms with E-state index in [2.05, 4.69) is 5.32 Å². The fourth-order valence-corrected chi connectivity index (χ4v) is 1.43. The minimum absolute atomic E-state index is 0.138. The molecule has 1 aromatic carbocycles. The SMILES string of the molecule is CC(=O)NCCC(O)C(O)c1ccccc1. The zero-order valence-corrected chi connectivity index (χ0v) is 9.26. The maximum absolute atomic E-state index is 10.6. The van der Waals surface area contributed by atoms with Gasteiger partial charge in [-0.3, -0.25) is 4.79 Å². The Bertz CT molecular complexity index is 326. The summed E-state index contributed by atoms with van der Waals surface area (Å²) in [6.45, 7) is 1.78. The summed E-state index contributed by atoms with van der Waals surface area (Å²) >= 11 is 0. The Kier molecular flexibility index (Phi) is 4.95. The second-order valence-electron chi connectivity index (χ2n) is 3.69. The van der Waals surface area contributed by atoms with Crippen LogP contribution in [0.2, 0.25) is 0 Å². The van der Waals surface area contributed by atoms with Crippen LogP contribution in [0.25, 0.3) is 0 Å². The van der Waals surface area contributed by atoms with E-state index in [0.29, 0.717) is 18.5 Å². The van der Waals surface area contributed by atoms with Crippen molar-refractivity contribution in [2.75, 3.05) is 6.54 Å². The molecule has 0 aliphatic carbocycles. The van der Waals surface area contributed by atoms with Gasteiger partial charge in [-0.15, -0.1) is 0 Å². The van der Waals surface area contributed by atoms with Gasteiger partial charge in [0.2, 0.25) is 5.91 Å². The summed E-state index contributed by atoms with van der Waals surface area (Å²) in [5, 5.41) is 22.0. The van der Waals surface area contributed by atoms with E-state index in [1.165, 1.54) is 6.92 Å². The number of carbonyl (C=O) groups excluding carboxylic acids is 1. The quantitative estimate of drug-likeness (QED) is 0.685. The minimum atomic E-state index is -0.907. The first-order valence-corrected chi connectivity index (χ1v) is 5.27. The van der Waals surface area contributed by atoms with Crippen molar-refractivity contribution in [3.63, 3.8) is 0 Å². The Labute approximate surface area is 94.9 Å². The predicted octanol–water partition coefficient (Wildman–Crippen LogP) is 0.607. The van der Waals surface area contributed by atoms with Crippen molar-refractivity contribution in [3.8, 4) is 0 Å². The van der Waals surface area contributed by atoms with E-state index in [1.54, 1.807) is 24.3 Å². The van der Waals surface area contributed by atoms with Crippen LogP contribution in [-0.4, -0.2) is 28.8 Å². The van der Waals surface area contributed by atoms with Crippen LogP contribution in [0, 0.1) is 0 Å². The molecule has 0 heterocycles. The molecule has 0 aromatic heterocycles. The zero-order chi connectivity index (χ0) is 12.0. The third kappa shape index (κ3) is 4.00.